The Kier molecular flexibility index (Phi) is 4.96. The molecule has 1 atom stereocenters. The fraction of sp³-hybridized carbons (Fsp3) is 0.500. The first-order chi connectivity index (χ1) is 9.99. The van der Waals surface area contributed by atoms with Crippen molar-refractivity contribution < 1.29 is 14.3 Å². The smallest absolute Gasteiger partial charge is 0.310 e. The first kappa shape index (κ1) is 15.5. The maximum atomic E-state index is 12.1. The van der Waals surface area contributed by atoms with Crippen molar-refractivity contribution in [2.75, 3.05) is 32.1 Å². The van der Waals surface area contributed by atoms with Gasteiger partial charge in [0.2, 0.25) is 5.91 Å². The van der Waals surface area contributed by atoms with Crippen molar-refractivity contribution in [2.24, 2.45) is 5.92 Å². The molecule has 0 saturated carbocycles. The number of anilines is 1. The van der Waals surface area contributed by atoms with Gasteiger partial charge in [0.05, 0.1) is 19.6 Å². The number of hydrogen-bond acceptors (Lipinski definition) is 4. The lowest BCUT2D eigenvalue weighted by Crippen LogP contribution is -2.32. The molecule has 1 heterocycles. The Morgan fingerprint density at radius 3 is 2.86 bits per heavy atom. The Hall–Kier alpha value is -1.88. The SMILES string of the molecule is COC(=O)C1CCN(CC(=O)Nc2cc(C)ccc2C)C1. The molecule has 0 spiro atoms. The highest BCUT2D eigenvalue weighted by Gasteiger charge is 2.29. The number of carbonyl (C=O) groups is 2. The third-order valence-electron chi connectivity index (χ3n) is 3.84. The minimum absolute atomic E-state index is 0.0470. The number of aryl methyl sites for hydroxylation is 2. The molecule has 114 valence electrons. The average Bonchev–Trinajstić information content (AvgIpc) is 2.90. The van der Waals surface area contributed by atoms with Gasteiger partial charge in [0, 0.05) is 12.2 Å². The van der Waals surface area contributed by atoms with E-state index in [-0.39, 0.29) is 17.8 Å². The Morgan fingerprint density at radius 2 is 2.14 bits per heavy atom. The molecule has 2 rings (SSSR count). The van der Waals surface area contributed by atoms with Crippen LogP contribution in [0.3, 0.4) is 0 Å². The zero-order valence-corrected chi connectivity index (χ0v) is 12.8. The van der Waals surface area contributed by atoms with Crippen molar-refractivity contribution in [1.82, 2.24) is 4.90 Å². The quantitative estimate of drug-likeness (QED) is 0.858. The minimum Gasteiger partial charge on any atom is -0.469 e. The highest BCUT2D eigenvalue weighted by atomic mass is 16.5. The number of methoxy groups -OCH3 is 1. The molecule has 1 saturated heterocycles. The van der Waals surface area contributed by atoms with E-state index in [1.54, 1.807) is 0 Å². The summed E-state index contributed by atoms with van der Waals surface area (Å²) in [6.45, 7) is 5.61. The zero-order valence-electron chi connectivity index (χ0n) is 12.8. The molecule has 1 aromatic carbocycles. The van der Waals surface area contributed by atoms with Gasteiger partial charge in [0.25, 0.3) is 0 Å². The molecule has 1 amide bonds. The van der Waals surface area contributed by atoms with Crippen LogP contribution in [0, 0.1) is 19.8 Å². The van der Waals surface area contributed by atoms with E-state index >= 15 is 0 Å². The maximum absolute atomic E-state index is 12.1. The molecule has 5 nitrogen and oxygen atoms in total. The molecule has 1 aliphatic rings. The second-order valence-electron chi connectivity index (χ2n) is 5.61. The molecular formula is C16H22N2O3. The summed E-state index contributed by atoms with van der Waals surface area (Å²) in [5.74, 6) is -0.342. The van der Waals surface area contributed by atoms with Crippen molar-refractivity contribution in [3.8, 4) is 0 Å². The third-order valence-corrected chi connectivity index (χ3v) is 3.84. The fourth-order valence-electron chi connectivity index (χ4n) is 2.60. The van der Waals surface area contributed by atoms with Gasteiger partial charge in [-0.25, -0.2) is 0 Å². The normalized spacial score (nSPS) is 18.5. The predicted molar refractivity (Wildman–Crippen MR) is 81.1 cm³/mol. The number of benzene rings is 1. The Morgan fingerprint density at radius 1 is 1.38 bits per heavy atom. The highest BCUT2D eigenvalue weighted by molar-refractivity contribution is 5.93. The molecule has 1 aliphatic heterocycles. The molecule has 0 radical (unpaired) electrons. The second-order valence-corrected chi connectivity index (χ2v) is 5.61. The Balaban J connectivity index is 1.88. The van der Waals surface area contributed by atoms with Crippen molar-refractivity contribution in [3.63, 3.8) is 0 Å². The molecule has 0 aromatic heterocycles. The number of ether oxygens (including phenoxy) is 1. The largest absolute Gasteiger partial charge is 0.469 e. The number of nitrogens with one attached hydrogen (secondary N) is 1. The predicted octanol–water partition coefficient (Wildman–Crippen LogP) is 1.74. The summed E-state index contributed by atoms with van der Waals surface area (Å²) in [7, 11) is 1.40. The van der Waals surface area contributed by atoms with Crippen molar-refractivity contribution >= 4 is 17.6 Å². The Labute approximate surface area is 125 Å². The van der Waals surface area contributed by atoms with E-state index in [0.29, 0.717) is 13.1 Å². The molecule has 5 heteroatoms. The summed E-state index contributed by atoms with van der Waals surface area (Å²) in [4.78, 5) is 25.6. The van der Waals surface area contributed by atoms with Gasteiger partial charge in [0.1, 0.15) is 0 Å². The van der Waals surface area contributed by atoms with E-state index in [2.05, 4.69) is 5.32 Å². The van der Waals surface area contributed by atoms with E-state index in [1.165, 1.54) is 7.11 Å². The second kappa shape index (κ2) is 6.72. The topological polar surface area (TPSA) is 58.6 Å². The maximum Gasteiger partial charge on any atom is 0.310 e. The van der Waals surface area contributed by atoms with Crippen molar-refractivity contribution in [1.29, 1.82) is 0 Å². The summed E-state index contributed by atoms with van der Waals surface area (Å²) >= 11 is 0. The molecule has 1 N–H and O–H groups in total. The van der Waals surface area contributed by atoms with E-state index in [4.69, 9.17) is 4.74 Å². The molecule has 1 unspecified atom stereocenters. The van der Waals surface area contributed by atoms with E-state index in [1.807, 2.05) is 36.9 Å². The van der Waals surface area contributed by atoms with Crippen LogP contribution < -0.4 is 5.32 Å². The zero-order chi connectivity index (χ0) is 15.4. The van der Waals surface area contributed by atoms with Gasteiger partial charge in [-0.3, -0.25) is 14.5 Å². The summed E-state index contributed by atoms with van der Waals surface area (Å²) in [5.41, 5.74) is 3.01. The van der Waals surface area contributed by atoms with Crippen LogP contribution >= 0.6 is 0 Å². The van der Waals surface area contributed by atoms with Crippen LogP contribution in [0.2, 0.25) is 0 Å². The molecule has 21 heavy (non-hydrogen) atoms. The van der Waals surface area contributed by atoms with Gasteiger partial charge < -0.3 is 10.1 Å². The lowest BCUT2D eigenvalue weighted by atomic mass is 10.1. The van der Waals surface area contributed by atoms with Crippen LogP contribution in [0.25, 0.3) is 0 Å². The number of esters is 1. The van der Waals surface area contributed by atoms with E-state index in [9.17, 15) is 9.59 Å². The number of amides is 1. The van der Waals surface area contributed by atoms with Gasteiger partial charge in [-0.2, -0.15) is 0 Å². The summed E-state index contributed by atoms with van der Waals surface area (Å²) in [5, 5.41) is 2.94. The van der Waals surface area contributed by atoms with E-state index < -0.39 is 0 Å². The first-order valence-electron chi connectivity index (χ1n) is 7.17. The molecule has 0 bridgehead atoms. The summed E-state index contributed by atoms with van der Waals surface area (Å²) in [6, 6.07) is 5.98. The standard InChI is InChI=1S/C16H22N2O3/c1-11-4-5-12(2)14(8-11)17-15(19)10-18-7-6-13(9-18)16(20)21-3/h4-5,8,13H,6-7,9-10H2,1-3H3,(H,17,19). The number of hydrogen-bond donors (Lipinski definition) is 1. The van der Waals surface area contributed by atoms with Gasteiger partial charge >= 0.3 is 5.97 Å². The van der Waals surface area contributed by atoms with Gasteiger partial charge in [-0.1, -0.05) is 12.1 Å². The van der Waals surface area contributed by atoms with Crippen LogP contribution in [0.15, 0.2) is 18.2 Å². The first-order valence-corrected chi connectivity index (χ1v) is 7.17. The minimum atomic E-state index is -0.188. The average molecular weight is 290 g/mol. The Bertz CT molecular complexity index is 542. The van der Waals surface area contributed by atoms with Crippen LogP contribution in [-0.2, 0) is 14.3 Å². The van der Waals surface area contributed by atoms with Crippen LogP contribution in [0.1, 0.15) is 17.5 Å². The lowest BCUT2D eigenvalue weighted by molar-refractivity contribution is -0.145. The lowest BCUT2D eigenvalue weighted by Gasteiger charge is -2.16. The summed E-state index contributed by atoms with van der Waals surface area (Å²) < 4.78 is 4.75. The number of nitrogens with zero attached hydrogens (tertiary/aromatic N) is 1. The summed E-state index contributed by atoms with van der Waals surface area (Å²) in [6.07, 6.45) is 0.753. The molecule has 1 fully saturated rings. The highest BCUT2D eigenvalue weighted by Crippen LogP contribution is 2.19. The number of carbonyl (C=O) groups excluding carboxylic acids is 2. The van der Waals surface area contributed by atoms with Gasteiger partial charge in [-0.15, -0.1) is 0 Å². The molecule has 0 aliphatic carbocycles. The van der Waals surface area contributed by atoms with Crippen LogP contribution in [-0.4, -0.2) is 43.5 Å². The molecule has 1 aromatic rings. The number of likely N-dealkylation sites (tertiary alicyclic amines) is 1. The van der Waals surface area contributed by atoms with Gasteiger partial charge in [0.15, 0.2) is 0 Å². The van der Waals surface area contributed by atoms with Crippen molar-refractivity contribution in [2.45, 2.75) is 20.3 Å². The van der Waals surface area contributed by atoms with Gasteiger partial charge in [-0.05, 0) is 44.0 Å². The molecular weight excluding hydrogens is 268 g/mol. The van der Waals surface area contributed by atoms with E-state index in [0.717, 1.165) is 29.8 Å². The van der Waals surface area contributed by atoms with Crippen molar-refractivity contribution in [3.05, 3.63) is 29.3 Å². The fourth-order valence-corrected chi connectivity index (χ4v) is 2.60. The monoisotopic (exact) mass is 290 g/mol. The van der Waals surface area contributed by atoms with Crippen LogP contribution in [0.4, 0.5) is 5.69 Å². The van der Waals surface area contributed by atoms with Crippen LogP contribution in [0.5, 0.6) is 0 Å². The third kappa shape index (κ3) is 4.04. The number of rotatable bonds is 4.